The molecule has 1 unspecified atom stereocenters. The van der Waals surface area contributed by atoms with Crippen LogP contribution in [0.4, 0.5) is 0 Å². The van der Waals surface area contributed by atoms with Crippen molar-refractivity contribution >= 4 is 17.9 Å². The minimum Gasteiger partial charge on any atom is -0.462 e. The Bertz CT molecular complexity index is 1400. The lowest BCUT2D eigenvalue weighted by molar-refractivity contribution is -0.167. The van der Waals surface area contributed by atoms with Gasteiger partial charge in [-0.2, -0.15) is 0 Å². The molecule has 73 heavy (non-hydrogen) atoms. The predicted octanol–water partition coefficient (Wildman–Crippen LogP) is 21.1. The lowest BCUT2D eigenvalue weighted by Gasteiger charge is -2.18. The van der Waals surface area contributed by atoms with Gasteiger partial charge in [0.05, 0.1) is 0 Å². The third-order valence-electron chi connectivity index (χ3n) is 13.4. The Morgan fingerprint density at radius 3 is 0.877 bits per heavy atom. The minimum absolute atomic E-state index is 0.0887. The molecule has 0 amide bonds. The fraction of sp³-hybridized carbons (Fsp3) is 0.746. The molecule has 0 radical (unpaired) electrons. The summed E-state index contributed by atoms with van der Waals surface area (Å²) in [6.45, 7) is 6.52. The third-order valence-corrected chi connectivity index (χ3v) is 13.4. The van der Waals surface area contributed by atoms with E-state index in [1.807, 2.05) is 0 Å². The van der Waals surface area contributed by atoms with Gasteiger partial charge >= 0.3 is 17.9 Å². The molecule has 0 saturated carbocycles. The lowest BCUT2D eigenvalue weighted by Crippen LogP contribution is -2.30. The molecular weight excluding hydrogens is 901 g/mol. The zero-order chi connectivity index (χ0) is 52.9. The van der Waals surface area contributed by atoms with Crippen molar-refractivity contribution < 1.29 is 28.6 Å². The van der Waals surface area contributed by atoms with Crippen LogP contribution in [0.1, 0.15) is 303 Å². The van der Waals surface area contributed by atoms with Gasteiger partial charge in [0.1, 0.15) is 13.2 Å². The number of esters is 3. The Hall–Kier alpha value is -3.41. The summed E-state index contributed by atoms with van der Waals surface area (Å²) in [6, 6.07) is 0. The van der Waals surface area contributed by atoms with Gasteiger partial charge in [0.15, 0.2) is 6.10 Å². The van der Waals surface area contributed by atoms with Crippen molar-refractivity contribution in [3.63, 3.8) is 0 Å². The second-order valence-electron chi connectivity index (χ2n) is 20.6. The second-order valence-corrected chi connectivity index (χ2v) is 20.6. The van der Waals surface area contributed by atoms with E-state index in [0.29, 0.717) is 19.3 Å². The molecule has 0 aromatic carbocycles. The van der Waals surface area contributed by atoms with Gasteiger partial charge in [0, 0.05) is 19.3 Å². The van der Waals surface area contributed by atoms with E-state index in [1.165, 1.54) is 167 Å². The quantitative estimate of drug-likeness (QED) is 0.0261. The maximum Gasteiger partial charge on any atom is 0.306 e. The molecule has 0 rings (SSSR count). The first-order valence-electron chi connectivity index (χ1n) is 31.1. The van der Waals surface area contributed by atoms with Crippen molar-refractivity contribution in [1.29, 1.82) is 0 Å². The summed E-state index contributed by atoms with van der Waals surface area (Å²) in [5, 5.41) is 0. The van der Waals surface area contributed by atoms with Crippen molar-refractivity contribution in [3.8, 4) is 0 Å². The normalized spacial score (nSPS) is 12.6. The van der Waals surface area contributed by atoms with E-state index in [9.17, 15) is 14.4 Å². The van der Waals surface area contributed by atoms with Gasteiger partial charge in [-0.1, -0.05) is 273 Å². The van der Waals surface area contributed by atoms with E-state index in [1.54, 1.807) is 0 Å². The zero-order valence-electron chi connectivity index (χ0n) is 48.1. The van der Waals surface area contributed by atoms with Crippen molar-refractivity contribution in [2.45, 2.75) is 309 Å². The number of ether oxygens (including phenoxy) is 3. The van der Waals surface area contributed by atoms with Crippen molar-refractivity contribution in [2.24, 2.45) is 0 Å². The Balaban J connectivity index is 4.41. The Morgan fingerprint density at radius 2 is 0.534 bits per heavy atom. The molecule has 6 nitrogen and oxygen atoms in total. The number of carbonyl (C=O) groups excluding carboxylic acids is 3. The molecule has 0 N–H and O–H groups in total. The SMILES string of the molecule is CC/C=C\C/C=C\C/C=C\C/C=C\C/C=C\C/C=C\CCCCC(=O)OCC(COC(=O)CCCCCCCCCCCCCCC)OC(=O)CCCCCCCCCCC/C=C\CCCCCCCCCC. The molecular formula is C67H116O6. The first kappa shape index (κ1) is 69.6. The highest BCUT2D eigenvalue weighted by Gasteiger charge is 2.19. The van der Waals surface area contributed by atoms with Gasteiger partial charge in [0.2, 0.25) is 0 Å². The summed E-state index contributed by atoms with van der Waals surface area (Å²) in [5.41, 5.74) is 0. The van der Waals surface area contributed by atoms with Gasteiger partial charge in [0.25, 0.3) is 0 Å². The highest BCUT2D eigenvalue weighted by atomic mass is 16.6. The molecule has 0 aliphatic heterocycles. The summed E-state index contributed by atoms with van der Waals surface area (Å²) >= 11 is 0. The van der Waals surface area contributed by atoms with Crippen LogP contribution in [0.15, 0.2) is 85.1 Å². The van der Waals surface area contributed by atoms with Crippen LogP contribution in [0.3, 0.4) is 0 Å². The molecule has 0 aliphatic rings. The summed E-state index contributed by atoms with van der Waals surface area (Å²) < 4.78 is 16.9. The van der Waals surface area contributed by atoms with Crippen LogP contribution < -0.4 is 0 Å². The highest BCUT2D eigenvalue weighted by molar-refractivity contribution is 5.71. The summed E-state index contributed by atoms with van der Waals surface area (Å²) in [6.07, 6.45) is 80.1. The lowest BCUT2D eigenvalue weighted by atomic mass is 10.0. The highest BCUT2D eigenvalue weighted by Crippen LogP contribution is 2.16. The van der Waals surface area contributed by atoms with Crippen LogP contribution in [0.25, 0.3) is 0 Å². The number of rotatable bonds is 56. The van der Waals surface area contributed by atoms with Crippen LogP contribution in [-0.4, -0.2) is 37.2 Å². The summed E-state index contributed by atoms with van der Waals surface area (Å²) in [5.74, 6) is -0.925. The summed E-state index contributed by atoms with van der Waals surface area (Å²) in [4.78, 5) is 38.2. The Kier molecular flexibility index (Phi) is 58.3. The molecule has 420 valence electrons. The number of allylic oxidation sites excluding steroid dienone is 14. The smallest absolute Gasteiger partial charge is 0.306 e. The Labute approximate surface area is 452 Å². The maximum atomic E-state index is 12.9. The maximum absolute atomic E-state index is 12.9. The predicted molar refractivity (Wildman–Crippen MR) is 316 cm³/mol. The van der Waals surface area contributed by atoms with Crippen LogP contribution in [0.2, 0.25) is 0 Å². The van der Waals surface area contributed by atoms with Crippen molar-refractivity contribution in [2.75, 3.05) is 13.2 Å². The monoisotopic (exact) mass is 1020 g/mol. The molecule has 0 saturated heterocycles. The fourth-order valence-corrected chi connectivity index (χ4v) is 8.74. The number of hydrogen-bond donors (Lipinski definition) is 0. The van der Waals surface area contributed by atoms with E-state index in [4.69, 9.17) is 14.2 Å². The summed E-state index contributed by atoms with van der Waals surface area (Å²) in [7, 11) is 0. The van der Waals surface area contributed by atoms with Crippen LogP contribution in [-0.2, 0) is 28.6 Å². The molecule has 0 aromatic heterocycles. The van der Waals surface area contributed by atoms with Gasteiger partial charge in [-0.3, -0.25) is 14.4 Å². The number of unbranched alkanes of at least 4 members (excludes halogenated alkanes) is 31. The van der Waals surface area contributed by atoms with Gasteiger partial charge in [-0.15, -0.1) is 0 Å². The third kappa shape index (κ3) is 59.3. The molecule has 0 heterocycles. The van der Waals surface area contributed by atoms with Gasteiger partial charge in [-0.25, -0.2) is 0 Å². The van der Waals surface area contributed by atoms with Crippen molar-refractivity contribution in [1.82, 2.24) is 0 Å². The van der Waals surface area contributed by atoms with Crippen LogP contribution in [0, 0.1) is 0 Å². The van der Waals surface area contributed by atoms with Crippen LogP contribution >= 0.6 is 0 Å². The largest absolute Gasteiger partial charge is 0.462 e. The van der Waals surface area contributed by atoms with E-state index < -0.39 is 6.10 Å². The van der Waals surface area contributed by atoms with E-state index >= 15 is 0 Å². The standard InChI is InChI=1S/C67H116O6/c1-4-7-10-13-16-19-22-25-27-29-31-33-35-37-39-42-45-48-51-54-57-60-66(69)72-63-64(62-71-65(68)59-56-53-50-47-44-41-24-21-18-15-12-9-6-3)73-67(70)61-58-55-52-49-46-43-40-38-36-34-32-30-28-26-23-20-17-14-11-8-5-2/h7,10,16,19,25,27,30-33,37,39,45,48,64H,4-6,8-9,11-15,17-18,20-24,26,28-29,34-36,38,40-44,46-47,49-63H2,1-3H3/b10-7-,19-16-,27-25-,32-30-,33-31-,39-37-,48-45-. The molecule has 0 spiro atoms. The number of carbonyl (C=O) groups is 3. The molecule has 0 aliphatic carbocycles. The van der Waals surface area contributed by atoms with Gasteiger partial charge in [-0.05, 0) is 96.3 Å². The topological polar surface area (TPSA) is 78.9 Å². The Morgan fingerprint density at radius 1 is 0.288 bits per heavy atom. The number of hydrogen-bond acceptors (Lipinski definition) is 6. The molecule has 0 aromatic rings. The molecule has 0 fully saturated rings. The van der Waals surface area contributed by atoms with E-state index in [-0.39, 0.29) is 31.1 Å². The van der Waals surface area contributed by atoms with E-state index in [2.05, 4.69) is 106 Å². The first-order valence-corrected chi connectivity index (χ1v) is 31.1. The van der Waals surface area contributed by atoms with Gasteiger partial charge < -0.3 is 14.2 Å². The average Bonchev–Trinajstić information content (AvgIpc) is 3.39. The van der Waals surface area contributed by atoms with Crippen LogP contribution in [0.5, 0.6) is 0 Å². The molecule has 1 atom stereocenters. The first-order chi connectivity index (χ1) is 36.0. The molecule has 0 bridgehead atoms. The van der Waals surface area contributed by atoms with Crippen molar-refractivity contribution in [3.05, 3.63) is 85.1 Å². The fourth-order valence-electron chi connectivity index (χ4n) is 8.74. The second kappa shape index (κ2) is 61.1. The van der Waals surface area contributed by atoms with E-state index in [0.717, 1.165) is 96.3 Å². The molecule has 6 heteroatoms. The minimum atomic E-state index is -0.795. The average molecular weight is 1020 g/mol. The zero-order valence-corrected chi connectivity index (χ0v) is 48.1.